The van der Waals surface area contributed by atoms with Gasteiger partial charge in [-0.1, -0.05) is 67.0 Å². The highest BCUT2D eigenvalue weighted by Gasteiger charge is 2.38. The van der Waals surface area contributed by atoms with Crippen LogP contribution >= 0.6 is 0 Å². The van der Waals surface area contributed by atoms with Gasteiger partial charge in [-0.3, -0.25) is 20.4 Å². The van der Waals surface area contributed by atoms with Crippen molar-refractivity contribution in [1.29, 1.82) is 0 Å². The average Bonchev–Trinajstić information content (AvgIpc) is 3.35. The van der Waals surface area contributed by atoms with E-state index in [-0.39, 0.29) is 11.7 Å². The Hall–Kier alpha value is -3.09. The number of carbonyl (C=O) groups excluding carboxylic acids is 1. The first-order valence-corrected chi connectivity index (χ1v) is 10.7. The van der Waals surface area contributed by atoms with E-state index in [0.29, 0.717) is 16.9 Å². The van der Waals surface area contributed by atoms with E-state index in [4.69, 9.17) is 10.3 Å². The lowest BCUT2D eigenvalue weighted by atomic mass is 9.93. The molecule has 1 fully saturated rings. The summed E-state index contributed by atoms with van der Waals surface area (Å²) in [4.78, 5) is 19.1. The van der Waals surface area contributed by atoms with Crippen molar-refractivity contribution in [1.82, 2.24) is 10.1 Å². The van der Waals surface area contributed by atoms with Crippen LogP contribution in [0.25, 0.3) is 0 Å². The van der Waals surface area contributed by atoms with Crippen molar-refractivity contribution in [3.05, 3.63) is 88.8 Å². The Morgan fingerprint density at radius 3 is 2.52 bits per heavy atom. The van der Waals surface area contributed by atoms with E-state index in [2.05, 4.69) is 21.8 Å². The third-order valence-electron chi connectivity index (χ3n) is 6.10. The summed E-state index contributed by atoms with van der Waals surface area (Å²) in [5.74, 6) is -0.701. The van der Waals surface area contributed by atoms with E-state index in [1.54, 1.807) is 0 Å². The number of hydrogen-bond donors (Lipinski definition) is 1. The maximum atomic E-state index is 12.8. The molecule has 2 unspecified atom stereocenters. The number of aliphatic imine (C=N–C) groups is 1. The van der Waals surface area contributed by atoms with E-state index < -0.39 is 5.79 Å². The summed E-state index contributed by atoms with van der Waals surface area (Å²) in [5.41, 5.74) is 9.63. The number of piperidine rings is 1. The van der Waals surface area contributed by atoms with Crippen LogP contribution in [0, 0.1) is 0 Å². The molecule has 2 aromatic carbocycles. The Bertz CT molecular complexity index is 1060. The number of nitrogens with zero attached hydrogens (tertiary/aromatic N) is 3. The molecule has 6 nitrogen and oxygen atoms in total. The van der Waals surface area contributed by atoms with Crippen LogP contribution in [0.3, 0.4) is 0 Å². The molecule has 4 rings (SSSR count). The number of ketones is 1. The van der Waals surface area contributed by atoms with Crippen LogP contribution in [0.15, 0.2) is 70.2 Å². The van der Waals surface area contributed by atoms with Gasteiger partial charge in [-0.15, -0.1) is 0 Å². The maximum Gasteiger partial charge on any atom is 0.226 e. The fourth-order valence-electron chi connectivity index (χ4n) is 4.11. The number of nitrogens with two attached hydrogens (primary N) is 1. The minimum atomic E-state index is -1.11. The summed E-state index contributed by atoms with van der Waals surface area (Å²) >= 11 is 0. The SMILES string of the molecule is C=NC(N)(c1cc(C(C)c2cccc(C(=O)c3ccccc3)c2)no1)N1CCCCC1. The predicted molar refractivity (Wildman–Crippen MR) is 121 cm³/mol. The second kappa shape index (κ2) is 8.96. The number of carbonyl (C=O) groups is 1. The van der Waals surface area contributed by atoms with Gasteiger partial charge in [0.2, 0.25) is 5.79 Å². The number of likely N-dealkylation sites (tertiary alicyclic amines) is 1. The molecule has 0 aliphatic carbocycles. The molecule has 0 radical (unpaired) electrons. The molecule has 1 saturated heterocycles. The quantitative estimate of drug-likeness (QED) is 0.458. The Morgan fingerprint density at radius 2 is 1.81 bits per heavy atom. The molecule has 6 heteroatoms. The molecule has 0 amide bonds. The summed E-state index contributed by atoms with van der Waals surface area (Å²) in [6.45, 7) is 7.45. The first-order valence-electron chi connectivity index (χ1n) is 10.7. The van der Waals surface area contributed by atoms with Crippen molar-refractivity contribution < 1.29 is 9.32 Å². The van der Waals surface area contributed by atoms with E-state index in [0.717, 1.165) is 37.2 Å². The van der Waals surface area contributed by atoms with Gasteiger partial charge in [0.05, 0.1) is 5.69 Å². The summed E-state index contributed by atoms with van der Waals surface area (Å²) < 4.78 is 5.65. The molecule has 31 heavy (non-hydrogen) atoms. The Morgan fingerprint density at radius 1 is 1.10 bits per heavy atom. The van der Waals surface area contributed by atoms with Gasteiger partial charge in [0.25, 0.3) is 0 Å². The van der Waals surface area contributed by atoms with Crippen molar-refractivity contribution in [2.75, 3.05) is 13.1 Å². The van der Waals surface area contributed by atoms with Crippen molar-refractivity contribution in [3.63, 3.8) is 0 Å². The molecule has 0 bridgehead atoms. The van der Waals surface area contributed by atoms with E-state index >= 15 is 0 Å². The monoisotopic (exact) mass is 416 g/mol. The number of benzene rings is 2. The third-order valence-corrected chi connectivity index (χ3v) is 6.10. The molecule has 1 aliphatic rings. The van der Waals surface area contributed by atoms with Gasteiger partial charge >= 0.3 is 0 Å². The lowest BCUT2D eigenvalue weighted by Gasteiger charge is -2.37. The second-order valence-corrected chi connectivity index (χ2v) is 8.09. The van der Waals surface area contributed by atoms with Crippen LogP contribution in [0.1, 0.15) is 65.0 Å². The summed E-state index contributed by atoms with van der Waals surface area (Å²) in [6.07, 6.45) is 3.35. The normalized spacial score (nSPS) is 17.6. The number of hydrogen-bond acceptors (Lipinski definition) is 6. The standard InChI is InChI=1S/C25H28N4O2/c1-18(20-12-9-13-21(16-20)24(30)19-10-5-3-6-11-19)22-17-23(31-28-22)25(26,27-2)29-14-7-4-8-15-29/h3,5-6,9-13,16-18H,2,4,7-8,14-15,26H2,1H3. The number of aromatic nitrogens is 1. The molecule has 0 saturated carbocycles. The molecule has 160 valence electrons. The largest absolute Gasteiger partial charge is 0.355 e. The summed E-state index contributed by atoms with van der Waals surface area (Å²) in [7, 11) is 0. The molecular formula is C25H28N4O2. The fourth-order valence-corrected chi connectivity index (χ4v) is 4.11. The van der Waals surface area contributed by atoms with Crippen molar-refractivity contribution >= 4 is 12.5 Å². The van der Waals surface area contributed by atoms with Crippen LogP contribution in [0.4, 0.5) is 0 Å². The van der Waals surface area contributed by atoms with Gasteiger partial charge in [0.15, 0.2) is 11.5 Å². The summed E-state index contributed by atoms with van der Waals surface area (Å²) in [5, 5.41) is 4.28. The highest BCUT2D eigenvalue weighted by molar-refractivity contribution is 6.09. The second-order valence-electron chi connectivity index (χ2n) is 8.09. The Balaban J connectivity index is 1.58. The average molecular weight is 417 g/mol. The molecular weight excluding hydrogens is 388 g/mol. The first kappa shape index (κ1) is 21.2. The van der Waals surface area contributed by atoms with Gasteiger partial charge < -0.3 is 4.52 Å². The lowest BCUT2D eigenvalue weighted by molar-refractivity contribution is 0.0522. The minimum Gasteiger partial charge on any atom is -0.355 e. The van der Waals surface area contributed by atoms with Crippen molar-refractivity contribution in [2.45, 2.75) is 37.9 Å². The van der Waals surface area contributed by atoms with E-state index in [1.807, 2.05) is 67.6 Å². The van der Waals surface area contributed by atoms with Crippen LogP contribution in [-0.2, 0) is 5.79 Å². The highest BCUT2D eigenvalue weighted by Crippen LogP contribution is 2.31. The van der Waals surface area contributed by atoms with Gasteiger partial charge in [0, 0.05) is 36.2 Å². The van der Waals surface area contributed by atoms with Crippen LogP contribution < -0.4 is 5.73 Å². The van der Waals surface area contributed by atoms with Crippen LogP contribution in [0.2, 0.25) is 0 Å². The smallest absolute Gasteiger partial charge is 0.226 e. The number of rotatable bonds is 7. The van der Waals surface area contributed by atoms with Gasteiger partial charge in [-0.25, -0.2) is 0 Å². The van der Waals surface area contributed by atoms with Crippen molar-refractivity contribution in [2.24, 2.45) is 10.7 Å². The first-order chi connectivity index (χ1) is 15.0. The molecule has 2 N–H and O–H groups in total. The van der Waals surface area contributed by atoms with Crippen LogP contribution in [-0.4, -0.2) is 35.6 Å². The van der Waals surface area contributed by atoms with Crippen molar-refractivity contribution in [3.8, 4) is 0 Å². The van der Waals surface area contributed by atoms with Gasteiger partial charge in [0.1, 0.15) is 0 Å². The Labute approximate surface area is 182 Å². The minimum absolute atomic E-state index is 0.00239. The van der Waals surface area contributed by atoms with Gasteiger partial charge in [-0.05, 0) is 31.2 Å². The third kappa shape index (κ3) is 4.22. The van der Waals surface area contributed by atoms with E-state index in [9.17, 15) is 4.79 Å². The Kier molecular flexibility index (Phi) is 6.11. The maximum absolute atomic E-state index is 12.8. The zero-order valence-electron chi connectivity index (χ0n) is 17.8. The lowest BCUT2D eigenvalue weighted by Crippen LogP contribution is -2.53. The molecule has 1 aliphatic heterocycles. The zero-order valence-corrected chi connectivity index (χ0v) is 17.8. The highest BCUT2D eigenvalue weighted by atomic mass is 16.5. The molecule has 2 heterocycles. The van der Waals surface area contributed by atoms with Gasteiger partial charge in [-0.2, -0.15) is 0 Å². The summed E-state index contributed by atoms with van der Waals surface area (Å²) in [6, 6.07) is 18.8. The zero-order chi connectivity index (χ0) is 21.8. The predicted octanol–water partition coefficient (Wildman–Crippen LogP) is 4.31. The van der Waals surface area contributed by atoms with E-state index in [1.165, 1.54) is 6.42 Å². The molecule has 1 aromatic heterocycles. The molecule has 2 atom stereocenters. The topological polar surface area (TPSA) is 84.7 Å². The molecule has 3 aromatic rings. The molecule has 0 spiro atoms. The fraction of sp³-hybridized carbons (Fsp3) is 0.320. The van der Waals surface area contributed by atoms with Crippen LogP contribution in [0.5, 0.6) is 0 Å².